The summed E-state index contributed by atoms with van der Waals surface area (Å²) in [5.41, 5.74) is 0. The molecule has 0 saturated heterocycles. The van der Waals surface area contributed by atoms with Gasteiger partial charge in [0.05, 0.1) is 4.90 Å². The predicted molar refractivity (Wildman–Crippen MR) is 51.9 cm³/mol. The first-order valence-corrected chi connectivity index (χ1v) is 5.70. The van der Waals surface area contributed by atoms with Crippen LogP contribution in [0.3, 0.4) is 0 Å². The maximum absolute atomic E-state index is 11.5. The molecule has 0 atom stereocenters. The van der Waals surface area contributed by atoms with Crippen LogP contribution in [0, 0.1) is 0 Å². The Morgan fingerprint density at radius 1 is 1.23 bits per heavy atom. The SMILES string of the molecule is CCCNS(=O)(=O)c1ccccc1. The van der Waals surface area contributed by atoms with Gasteiger partial charge in [0, 0.05) is 6.54 Å². The van der Waals surface area contributed by atoms with Gasteiger partial charge in [0.1, 0.15) is 0 Å². The zero-order valence-corrected chi connectivity index (χ0v) is 8.34. The van der Waals surface area contributed by atoms with Gasteiger partial charge in [-0.3, -0.25) is 0 Å². The Morgan fingerprint density at radius 3 is 2.38 bits per heavy atom. The zero-order valence-electron chi connectivity index (χ0n) is 7.53. The lowest BCUT2D eigenvalue weighted by molar-refractivity contribution is 0.581. The van der Waals surface area contributed by atoms with Crippen LogP contribution in [0.15, 0.2) is 35.2 Å². The van der Waals surface area contributed by atoms with Gasteiger partial charge < -0.3 is 0 Å². The van der Waals surface area contributed by atoms with Gasteiger partial charge in [-0.2, -0.15) is 0 Å². The van der Waals surface area contributed by atoms with Crippen molar-refractivity contribution in [3.8, 4) is 0 Å². The molecule has 0 saturated carbocycles. The molecule has 0 spiro atoms. The van der Waals surface area contributed by atoms with E-state index in [4.69, 9.17) is 0 Å². The largest absolute Gasteiger partial charge is 0.240 e. The molecular weight excluding hydrogens is 186 g/mol. The zero-order chi connectivity index (χ0) is 9.73. The Bertz CT molecular complexity index is 345. The van der Waals surface area contributed by atoms with E-state index in [9.17, 15) is 8.42 Å². The molecule has 0 fully saturated rings. The Balaban J connectivity index is 2.83. The van der Waals surface area contributed by atoms with Crippen molar-refractivity contribution in [1.82, 2.24) is 4.72 Å². The lowest BCUT2D eigenvalue weighted by Crippen LogP contribution is -2.24. The summed E-state index contributed by atoms with van der Waals surface area (Å²) in [4.78, 5) is 0.323. The Hall–Kier alpha value is -0.870. The van der Waals surface area contributed by atoms with E-state index in [-0.39, 0.29) is 0 Å². The monoisotopic (exact) mass is 199 g/mol. The van der Waals surface area contributed by atoms with E-state index in [1.807, 2.05) is 6.92 Å². The molecule has 0 aliphatic rings. The topological polar surface area (TPSA) is 46.2 Å². The molecule has 0 aromatic heterocycles. The molecule has 1 aromatic rings. The van der Waals surface area contributed by atoms with Gasteiger partial charge in [0.2, 0.25) is 10.0 Å². The summed E-state index contributed by atoms with van der Waals surface area (Å²) in [5, 5.41) is 0. The fourth-order valence-corrected chi connectivity index (χ4v) is 2.07. The van der Waals surface area contributed by atoms with Crippen LogP contribution in [0.4, 0.5) is 0 Å². The van der Waals surface area contributed by atoms with Crippen molar-refractivity contribution >= 4 is 10.0 Å². The van der Waals surface area contributed by atoms with E-state index < -0.39 is 10.0 Å². The van der Waals surface area contributed by atoms with Crippen molar-refractivity contribution in [3.05, 3.63) is 30.3 Å². The van der Waals surface area contributed by atoms with Gasteiger partial charge >= 0.3 is 0 Å². The predicted octanol–water partition coefficient (Wildman–Crippen LogP) is 1.37. The van der Waals surface area contributed by atoms with E-state index in [0.29, 0.717) is 11.4 Å². The first-order valence-electron chi connectivity index (χ1n) is 4.21. The van der Waals surface area contributed by atoms with Crippen LogP contribution in [-0.4, -0.2) is 15.0 Å². The average molecular weight is 199 g/mol. The number of nitrogens with one attached hydrogen (secondary N) is 1. The van der Waals surface area contributed by atoms with Crippen molar-refractivity contribution in [3.63, 3.8) is 0 Å². The summed E-state index contributed by atoms with van der Waals surface area (Å²) in [5.74, 6) is 0. The summed E-state index contributed by atoms with van der Waals surface area (Å²) in [6.45, 7) is 2.41. The maximum Gasteiger partial charge on any atom is 0.240 e. The summed E-state index contributed by atoms with van der Waals surface area (Å²) >= 11 is 0. The van der Waals surface area contributed by atoms with E-state index in [2.05, 4.69) is 4.72 Å². The third kappa shape index (κ3) is 2.82. The van der Waals surface area contributed by atoms with Crippen LogP contribution in [0.5, 0.6) is 0 Å². The summed E-state index contributed by atoms with van der Waals surface area (Å²) in [6, 6.07) is 8.37. The fraction of sp³-hybridized carbons (Fsp3) is 0.333. The second kappa shape index (κ2) is 4.39. The smallest absolute Gasteiger partial charge is 0.211 e. The number of rotatable bonds is 4. The summed E-state index contributed by atoms with van der Waals surface area (Å²) in [6.07, 6.45) is 0.798. The Morgan fingerprint density at radius 2 is 1.85 bits per heavy atom. The average Bonchev–Trinajstić information content (AvgIpc) is 2.16. The van der Waals surface area contributed by atoms with Crippen molar-refractivity contribution < 1.29 is 8.42 Å². The first-order chi connectivity index (χ1) is 6.17. The Kier molecular flexibility index (Phi) is 3.45. The minimum Gasteiger partial charge on any atom is -0.211 e. The van der Waals surface area contributed by atoms with Gasteiger partial charge in [-0.1, -0.05) is 25.1 Å². The van der Waals surface area contributed by atoms with Crippen LogP contribution < -0.4 is 4.72 Å². The molecule has 1 N–H and O–H groups in total. The molecule has 0 amide bonds. The summed E-state index contributed by atoms with van der Waals surface area (Å²) < 4.78 is 25.5. The van der Waals surface area contributed by atoms with E-state index >= 15 is 0 Å². The highest BCUT2D eigenvalue weighted by atomic mass is 32.2. The van der Waals surface area contributed by atoms with Crippen molar-refractivity contribution in [2.75, 3.05) is 6.54 Å². The van der Waals surface area contributed by atoms with Gasteiger partial charge in [-0.15, -0.1) is 0 Å². The van der Waals surface area contributed by atoms with Crippen molar-refractivity contribution in [2.45, 2.75) is 18.2 Å². The van der Waals surface area contributed by atoms with E-state index in [1.54, 1.807) is 30.3 Å². The van der Waals surface area contributed by atoms with Crippen molar-refractivity contribution in [2.24, 2.45) is 0 Å². The molecule has 0 bridgehead atoms. The molecule has 0 radical (unpaired) electrons. The van der Waals surface area contributed by atoms with Crippen LogP contribution in [0.2, 0.25) is 0 Å². The molecule has 0 aliphatic carbocycles. The molecule has 3 nitrogen and oxygen atoms in total. The van der Waals surface area contributed by atoms with Gasteiger partial charge in [-0.25, -0.2) is 13.1 Å². The third-order valence-electron chi connectivity index (χ3n) is 1.60. The minimum atomic E-state index is -3.27. The number of sulfonamides is 1. The molecule has 4 heteroatoms. The molecule has 0 aliphatic heterocycles. The molecular formula is C9H13NO2S. The van der Waals surface area contributed by atoms with Crippen LogP contribution in [0.25, 0.3) is 0 Å². The summed E-state index contributed by atoms with van der Waals surface area (Å²) in [7, 11) is -3.27. The minimum absolute atomic E-state index is 0.323. The van der Waals surface area contributed by atoms with Gasteiger partial charge in [-0.05, 0) is 18.6 Å². The molecule has 13 heavy (non-hydrogen) atoms. The lowest BCUT2D eigenvalue weighted by atomic mass is 10.4. The Labute approximate surface area is 78.8 Å². The standard InChI is InChI=1S/C9H13NO2S/c1-2-8-10-13(11,12)9-6-4-3-5-7-9/h3-7,10H,2,8H2,1H3. The third-order valence-corrected chi connectivity index (χ3v) is 3.07. The molecule has 0 heterocycles. The molecule has 0 unspecified atom stereocenters. The van der Waals surface area contributed by atoms with Gasteiger partial charge in [0.25, 0.3) is 0 Å². The quantitative estimate of drug-likeness (QED) is 0.796. The van der Waals surface area contributed by atoms with Crippen molar-refractivity contribution in [1.29, 1.82) is 0 Å². The first kappa shape index (κ1) is 10.2. The number of benzene rings is 1. The number of hydrogen-bond acceptors (Lipinski definition) is 2. The van der Waals surface area contributed by atoms with E-state index in [1.165, 1.54) is 0 Å². The second-order valence-electron chi connectivity index (χ2n) is 2.71. The maximum atomic E-state index is 11.5. The highest BCUT2D eigenvalue weighted by Gasteiger charge is 2.10. The lowest BCUT2D eigenvalue weighted by Gasteiger charge is -2.04. The second-order valence-corrected chi connectivity index (χ2v) is 4.48. The molecule has 72 valence electrons. The highest BCUT2D eigenvalue weighted by Crippen LogP contribution is 2.06. The molecule has 1 rings (SSSR count). The van der Waals surface area contributed by atoms with E-state index in [0.717, 1.165) is 6.42 Å². The highest BCUT2D eigenvalue weighted by molar-refractivity contribution is 7.89. The normalized spacial score (nSPS) is 11.5. The van der Waals surface area contributed by atoms with Gasteiger partial charge in [0.15, 0.2) is 0 Å². The van der Waals surface area contributed by atoms with Crippen LogP contribution >= 0.6 is 0 Å². The molecule has 1 aromatic carbocycles. The van der Waals surface area contributed by atoms with Crippen LogP contribution in [0.1, 0.15) is 13.3 Å². The fourth-order valence-electron chi connectivity index (χ4n) is 0.919. The van der Waals surface area contributed by atoms with Crippen LogP contribution in [-0.2, 0) is 10.0 Å². The number of hydrogen-bond donors (Lipinski definition) is 1.